The zero-order chi connectivity index (χ0) is 34.0. The number of rotatable bonds is 16. The second-order valence-corrected chi connectivity index (χ2v) is 13.2. The van der Waals surface area contributed by atoms with Crippen molar-refractivity contribution >= 4 is 45.7 Å². The van der Waals surface area contributed by atoms with Crippen LogP contribution in [0.2, 0.25) is 0 Å². The van der Waals surface area contributed by atoms with E-state index in [2.05, 4.69) is 24.0 Å². The van der Waals surface area contributed by atoms with Gasteiger partial charge in [-0.05, 0) is 79.4 Å². The number of aliphatic hydroxyl groups is 1. The number of hydrogen-bond donors (Lipinski definition) is 1. The standard InChI is InChI=1S/C36H38FN3O6S2/c1-4-7-19-45-27-16-11-24(12-17-27)32(41)30-31(25-13-18-28(46-20-8-5-2)29(21-25)44-6-3)40(34(43)33(30)42)35-38-39-36(48-35)47-22-23-9-14-26(37)15-10-23/h9-18,21,31,41H,4-8,19-20,22H2,1-3H3/t31-/m0/s1. The fraction of sp³-hybridized carbons (Fsp3) is 0.333. The van der Waals surface area contributed by atoms with Crippen molar-refractivity contribution in [1.29, 1.82) is 0 Å². The monoisotopic (exact) mass is 691 g/mol. The van der Waals surface area contributed by atoms with E-state index in [9.17, 15) is 19.1 Å². The summed E-state index contributed by atoms with van der Waals surface area (Å²) in [6, 6.07) is 17.2. The number of aliphatic hydroxyl groups excluding tert-OH is 1. The third-order valence-corrected chi connectivity index (χ3v) is 9.68. The van der Waals surface area contributed by atoms with Crippen molar-refractivity contribution < 1.29 is 33.3 Å². The number of anilines is 1. The van der Waals surface area contributed by atoms with Crippen LogP contribution in [-0.2, 0) is 15.3 Å². The van der Waals surface area contributed by atoms with Crippen molar-refractivity contribution in [1.82, 2.24) is 10.2 Å². The summed E-state index contributed by atoms with van der Waals surface area (Å²) in [5.74, 6) is -0.188. The maximum absolute atomic E-state index is 13.8. The Bertz CT molecular complexity index is 1740. The Hall–Kier alpha value is -4.42. The number of Topliss-reactive ketones (excluding diaryl/α,β-unsaturated/α-hetero) is 1. The van der Waals surface area contributed by atoms with Crippen molar-refractivity contribution in [3.8, 4) is 17.2 Å². The summed E-state index contributed by atoms with van der Waals surface area (Å²) in [6.07, 6.45) is 3.75. The molecule has 1 atom stereocenters. The van der Waals surface area contributed by atoms with E-state index in [1.807, 2.05) is 6.92 Å². The Kier molecular flexibility index (Phi) is 12.1. The van der Waals surface area contributed by atoms with Gasteiger partial charge in [-0.25, -0.2) is 4.39 Å². The van der Waals surface area contributed by atoms with Gasteiger partial charge in [-0.2, -0.15) is 0 Å². The second-order valence-electron chi connectivity index (χ2n) is 11.0. The van der Waals surface area contributed by atoms with Crippen LogP contribution >= 0.6 is 23.1 Å². The van der Waals surface area contributed by atoms with Gasteiger partial charge in [0.1, 0.15) is 17.3 Å². The molecule has 1 amide bonds. The van der Waals surface area contributed by atoms with Crippen LogP contribution in [0.5, 0.6) is 17.2 Å². The molecule has 0 saturated carbocycles. The van der Waals surface area contributed by atoms with Gasteiger partial charge in [0.25, 0.3) is 5.78 Å². The lowest BCUT2D eigenvalue weighted by atomic mass is 9.95. The quantitative estimate of drug-likeness (QED) is 0.0310. The molecule has 4 aromatic rings. The van der Waals surface area contributed by atoms with Crippen LogP contribution < -0.4 is 19.1 Å². The van der Waals surface area contributed by atoms with Gasteiger partial charge in [-0.1, -0.05) is 68.0 Å². The summed E-state index contributed by atoms with van der Waals surface area (Å²) in [5.41, 5.74) is 1.69. The largest absolute Gasteiger partial charge is 0.507 e. The second kappa shape index (κ2) is 16.6. The Balaban J connectivity index is 1.53. The fourth-order valence-electron chi connectivity index (χ4n) is 5.04. The Morgan fingerprint density at radius 1 is 0.896 bits per heavy atom. The van der Waals surface area contributed by atoms with Crippen LogP contribution in [0.25, 0.3) is 5.76 Å². The zero-order valence-corrected chi connectivity index (χ0v) is 28.7. The highest BCUT2D eigenvalue weighted by Gasteiger charge is 2.48. The van der Waals surface area contributed by atoms with Gasteiger partial charge in [0, 0.05) is 11.3 Å². The number of ether oxygens (including phenoxy) is 3. The predicted molar refractivity (Wildman–Crippen MR) is 186 cm³/mol. The van der Waals surface area contributed by atoms with E-state index in [1.165, 1.54) is 28.8 Å². The Morgan fingerprint density at radius 3 is 2.29 bits per heavy atom. The summed E-state index contributed by atoms with van der Waals surface area (Å²) in [6.45, 7) is 7.46. The molecule has 5 rings (SSSR count). The predicted octanol–water partition coefficient (Wildman–Crippen LogP) is 8.35. The summed E-state index contributed by atoms with van der Waals surface area (Å²) >= 11 is 2.53. The lowest BCUT2D eigenvalue weighted by Gasteiger charge is -2.23. The summed E-state index contributed by atoms with van der Waals surface area (Å²) in [5, 5.41) is 20.4. The lowest BCUT2D eigenvalue weighted by molar-refractivity contribution is -0.132. The van der Waals surface area contributed by atoms with Gasteiger partial charge in [0.15, 0.2) is 15.8 Å². The average molecular weight is 692 g/mol. The maximum Gasteiger partial charge on any atom is 0.301 e. The normalized spacial score (nSPS) is 15.6. The van der Waals surface area contributed by atoms with Gasteiger partial charge >= 0.3 is 5.91 Å². The molecule has 252 valence electrons. The minimum Gasteiger partial charge on any atom is -0.507 e. The first-order valence-electron chi connectivity index (χ1n) is 16.0. The molecule has 1 fully saturated rings. The molecule has 9 nitrogen and oxygen atoms in total. The lowest BCUT2D eigenvalue weighted by Crippen LogP contribution is -2.29. The molecular weight excluding hydrogens is 654 g/mol. The molecule has 3 aromatic carbocycles. The number of benzene rings is 3. The van der Waals surface area contributed by atoms with E-state index in [4.69, 9.17) is 14.2 Å². The molecule has 0 spiro atoms. The minimum absolute atomic E-state index is 0.0857. The number of aromatic nitrogens is 2. The van der Waals surface area contributed by atoms with Crippen LogP contribution in [0.3, 0.4) is 0 Å². The molecule has 0 radical (unpaired) electrons. The van der Waals surface area contributed by atoms with E-state index in [-0.39, 0.29) is 22.3 Å². The van der Waals surface area contributed by atoms with Crippen molar-refractivity contribution in [2.45, 2.75) is 62.6 Å². The SMILES string of the molecule is CCCCOc1ccc(C(O)=C2C(=O)C(=O)N(c3nnc(SCc4ccc(F)cc4)s3)[C@H]2c2ccc(OCCCC)c(OCC)c2)cc1. The van der Waals surface area contributed by atoms with Crippen LogP contribution in [0.1, 0.15) is 69.2 Å². The number of amides is 1. The van der Waals surface area contributed by atoms with E-state index in [0.29, 0.717) is 58.3 Å². The van der Waals surface area contributed by atoms with Crippen LogP contribution in [-0.4, -0.2) is 46.8 Å². The van der Waals surface area contributed by atoms with Crippen molar-refractivity contribution in [2.75, 3.05) is 24.7 Å². The van der Waals surface area contributed by atoms with E-state index in [1.54, 1.807) is 54.6 Å². The Labute approximate surface area is 287 Å². The van der Waals surface area contributed by atoms with Crippen LogP contribution in [0.4, 0.5) is 9.52 Å². The first-order chi connectivity index (χ1) is 23.3. The smallest absolute Gasteiger partial charge is 0.301 e. The molecule has 2 heterocycles. The molecule has 1 N–H and O–H groups in total. The molecule has 1 aliphatic rings. The molecule has 1 saturated heterocycles. The number of carbonyl (C=O) groups excluding carboxylic acids is 2. The van der Waals surface area contributed by atoms with E-state index >= 15 is 0 Å². The van der Waals surface area contributed by atoms with E-state index in [0.717, 1.165) is 42.6 Å². The number of ketones is 1. The zero-order valence-electron chi connectivity index (χ0n) is 27.1. The number of nitrogens with zero attached hydrogens (tertiary/aromatic N) is 3. The van der Waals surface area contributed by atoms with E-state index < -0.39 is 17.7 Å². The van der Waals surface area contributed by atoms with Crippen molar-refractivity contribution in [3.63, 3.8) is 0 Å². The first kappa shape index (κ1) is 34.9. The summed E-state index contributed by atoms with van der Waals surface area (Å²) < 4.78 is 31.6. The van der Waals surface area contributed by atoms with Crippen molar-refractivity contribution in [3.05, 3.63) is 94.8 Å². The molecule has 0 unspecified atom stereocenters. The maximum atomic E-state index is 13.8. The third-order valence-electron chi connectivity index (χ3n) is 7.56. The highest BCUT2D eigenvalue weighted by Crippen LogP contribution is 2.46. The summed E-state index contributed by atoms with van der Waals surface area (Å²) in [4.78, 5) is 28.8. The number of halogens is 1. The molecule has 1 aromatic heterocycles. The molecule has 1 aliphatic heterocycles. The molecule has 48 heavy (non-hydrogen) atoms. The number of unbranched alkanes of at least 4 members (excludes halogenated alkanes) is 2. The van der Waals surface area contributed by atoms with Crippen LogP contribution in [0.15, 0.2) is 76.6 Å². The number of hydrogen-bond acceptors (Lipinski definition) is 10. The molecular formula is C36H38FN3O6S2. The summed E-state index contributed by atoms with van der Waals surface area (Å²) in [7, 11) is 0. The Morgan fingerprint density at radius 2 is 1.60 bits per heavy atom. The van der Waals surface area contributed by atoms with Gasteiger partial charge < -0.3 is 19.3 Å². The fourth-order valence-corrected chi connectivity index (χ4v) is 6.86. The van der Waals surface area contributed by atoms with Gasteiger partial charge in [-0.3, -0.25) is 14.5 Å². The average Bonchev–Trinajstić information content (AvgIpc) is 3.67. The molecule has 0 aliphatic carbocycles. The topological polar surface area (TPSA) is 111 Å². The minimum atomic E-state index is -1.03. The van der Waals surface area contributed by atoms with Gasteiger partial charge in [0.2, 0.25) is 5.13 Å². The number of thioether (sulfide) groups is 1. The van der Waals surface area contributed by atoms with Gasteiger partial charge in [-0.15, -0.1) is 10.2 Å². The highest BCUT2D eigenvalue weighted by molar-refractivity contribution is 8.00. The van der Waals surface area contributed by atoms with Crippen LogP contribution in [0, 0.1) is 5.82 Å². The number of carbonyl (C=O) groups is 2. The molecule has 0 bridgehead atoms. The third kappa shape index (κ3) is 8.16. The molecule has 12 heteroatoms. The first-order valence-corrected chi connectivity index (χ1v) is 17.8. The highest BCUT2D eigenvalue weighted by atomic mass is 32.2. The van der Waals surface area contributed by atoms with Gasteiger partial charge in [0.05, 0.1) is 31.4 Å². The van der Waals surface area contributed by atoms with Crippen molar-refractivity contribution in [2.24, 2.45) is 0 Å².